The lowest BCUT2D eigenvalue weighted by Gasteiger charge is -2.57. The van der Waals surface area contributed by atoms with Crippen molar-refractivity contribution in [1.82, 2.24) is 0 Å². The maximum absolute atomic E-state index is 11.2. The Bertz CT molecular complexity index is 637. The molecule has 0 radical (unpaired) electrons. The summed E-state index contributed by atoms with van der Waals surface area (Å²) in [5, 5.41) is 10.5. The van der Waals surface area contributed by atoms with Gasteiger partial charge in [0.15, 0.2) is 11.5 Å². The van der Waals surface area contributed by atoms with Crippen LogP contribution in [0.4, 0.5) is 0 Å². The third-order valence-corrected chi connectivity index (χ3v) is 6.27. The minimum absolute atomic E-state index is 0.0610. The molecule has 1 heterocycles. The number of benzene rings is 1. The smallest absolute Gasteiger partial charge is 0.165 e. The van der Waals surface area contributed by atoms with Crippen LogP contribution in [0.3, 0.4) is 0 Å². The summed E-state index contributed by atoms with van der Waals surface area (Å²) in [6.45, 7) is 8.61. The van der Waals surface area contributed by atoms with Crippen molar-refractivity contribution in [3.8, 4) is 11.5 Å². The number of carbonyl (C=O) groups is 1. The normalized spacial score (nSPS) is 34.8. The van der Waals surface area contributed by atoms with Crippen molar-refractivity contribution < 1.29 is 19.4 Å². The van der Waals surface area contributed by atoms with E-state index in [1.165, 1.54) is 0 Å². The Kier molecular flexibility index (Phi) is 3.71. The third kappa shape index (κ3) is 2.35. The molecule has 0 aromatic heterocycles. The number of rotatable bonds is 2. The van der Waals surface area contributed by atoms with Gasteiger partial charge in [-0.1, -0.05) is 20.8 Å². The van der Waals surface area contributed by atoms with Gasteiger partial charge in [0.05, 0.1) is 13.2 Å². The summed E-state index contributed by atoms with van der Waals surface area (Å²) in [7, 11) is 1.59. The van der Waals surface area contributed by atoms with Crippen LogP contribution in [0, 0.1) is 17.3 Å². The standard InChI is InChI=1S/C19H26O4/c1-11-14(21)9-19(4)16(18(11,2)3)8-13-6-12(10-20)7-15(22-5)17(13)23-19/h6-7,10-11,14,16,21H,8-9H2,1-5H3/t11-,14+,16-,19-/m1/s1. The molecule has 1 saturated carbocycles. The highest BCUT2D eigenvalue weighted by atomic mass is 16.5. The van der Waals surface area contributed by atoms with Gasteiger partial charge in [0.1, 0.15) is 11.9 Å². The summed E-state index contributed by atoms with van der Waals surface area (Å²) in [6, 6.07) is 3.61. The molecule has 0 saturated heterocycles. The van der Waals surface area contributed by atoms with Gasteiger partial charge in [-0.25, -0.2) is 0 Å². The van der Waals surface area contributed by atoms with Crippen molar-refractivity contribution in [1.29, 1.82) is 0 Å². The average molecular weight is 318 g/mol. The Morgan fingerprint density at radius 3 is 2.65 bits per heavy atom. The van der Waals surface area contributed by atoms with Gasteiger partial charge >= 0.3 is 0 Å². The van der Waals surface area contributed by atoms with Crippen molar-refractivity contribution in [2.24, 2.45) is 17.3 Å². The highest BCUT2D eigenvalue weighted by molar-refractivity contribution is 5.77. The molecule has 1 aliphatic carbocycles. The molecule has 1 N–H and O–H groups in total. The zero-order chi connectivity index (χ0) is 17.0. The van der Waals surface area contributed by atoms with Crippen molar-refractivity contribution in [2.45, 2.75) is 52.2 Å². The number of aliphatic hydroxyl groups is 1. The predicted molar refractivity (Wildman–Crippen MR) is 88.2 cm³/mol. The van der Waals surface area contributed by atoms with Crippen LogP contribution in [0.15, 0.2) is 12.1 Å². The van der Waals surface area contributed by atoms with E-state index >= 15 is 0 Å². The van der Waals surface area contributed by atoms with Gasteiger partial charge in [-0.15, -0.1) is 0 Å². The second-order valence-electron chi connectivity index (χ2n) is 7.88. The summed E-state index contributed by atoms with van der Waals surface area (Å²) in [5.41, 5.74) is 1.13. The predicted octanol–water partition coefficient (Wildman–Crippen LogP) is 3.24. The number of carbonyl (C=O) groups excluding carboxylic acids is 1. The fraction of sp³-hybridized carbons (Fsp3) is 0.632. The van der Waals surface area contributed by atoms with Crippen molar-refractivity contribution in [3.05, 3.63) is 23.3 Å². The maximum atomic E-state index is 11.2. The van der Waals surface area contributed by atoms with Gasteiger partial charge in [0, 0.05) is 17.9 Å². The molecule has 0 amide bonds. The molecule has 0 bridgehead atoms. The molecule has 0 unspecified atom stereocenters. The van der Waals surface area contributed by atoms with Gasteiger partial charge in [0.25, 0.3) is 0 Å². The van der Waals surface area contributed by atoms with E-state index in [4.69, 9.17) is 9.47 Å². The summed E-state index contributed by atoms with van der Waals surface area (Å²) in [4.78, 5) is 11.2. The molecule has 1 aromatic carbocycles. The molecule has 4 heteroatoms. The Balaban J connectivity index is 2.11. The fourth-order valence-electron chi connectivity index (χ4n) is 4.55. The summed E-state index contributed by atoms with van der Waals surface area (Å²) in [5.74, 6) is 1.78. The van der Waals surface area contributed by atoms with E-state index in [-0.39, 0.29) is 23.4 Å². The van der Waals surface area contributed by atoms with Gasteiger partial charge < -0.3 is 14.6 Å². The minimum Gasteiger partial charge on any atom is -0.493 e. The molecule has 0 spiro atoms. The topological polar surface area (TPSA) is 55.8 Å². The highest BCUT2D eigenvalue weighted by Crippen LogP contribution is 2.56. The molecule has 126 valence electrons. The van der Waals surface area contributed by atoms with Crippen LogP contribution in [0.1, 0.15) is 50.0 Å². The number of hydrogen-bond donors (Lipinski definition) is 1. The molecule has 1 fully saturated rings. The van der Waals surface area contributed by atoms with E-state index in [1.54, 1.807) is 13.2 Å². The summed E-state index contributed by atoms with van der Waals surface area (Å²) >= 11 is 0. The first-order valence-electron chi connectivity index (χ1n) is 8.26. The van der Waals surface area contributed by atoms with E-state index in [0.717, 1.165) is 24.0 Å². The van der Waals surface area contributed by atoms with Gasteiger partial charge in [-0.3, -0.25) is 4.79 Å². The second-order valence-corrected chi connectivity index (χ2v) is 7.88. The molecule has 3 rings (SSSR count). The summed E-state index contributed by atoms with van der Waals surface area (Å²) in [6.07, 6.45) is 1.90. The molecule has 1 aliphatic heterocycles. The van der Waals surface area contributed by atoms with Crippen molar-refractivity contribution in [2.75, 3.05) is 7.11 Å². The fourth-order valence-corrected chi connectivity index (χ4v) is 4.55. The van der Waals surface area contributed by atoms with E-state index in [2.05, 4.69) is 27.7 Å². The SMILES string of the molecule is COc1cc(C=O)cc2c1O[C@]1(C)C[C@H](O)[C@@H](C)C(C)(C)[C@H]1C2. The number of ether oxygens (including phenoxy) is 2. The van der Waals surface area contributed by atoms with E-state index in [1.807, 2.05) is 6.07 Å². The first kappa shape index (κ1) is 16.3. The van der Waals surface area contributed by atoms with Crippen molar-refractivity contribution in [3.63, 3.8) is 0 Å². The number of aldehydes is 1. The van der Waals surface area contributed by atoms with Gasteiger partial charge in [-0.2, -0.15) is 0 Å². The van der Waals surface area contributed by atoms with Crippen molar-refractivity contribution >= 4 is 6.29 Å². The van der Waals surface area contributed by atoms with E-state index in [9.17, 15) is 9.90 Å². The average Bonchev–Trinajstić information content (AvgIpc) is 2.50. The molecular formula is C19H26O4. The largest absolute Gasteiger partial charge is 0.493 e. The van der Waals surface area contributed by atoms with Crippen LogP contribution in [0.2, 0.25) is 0 Å². The molecule has 2 aliphatic rings. The third-order valence-electron chi connectivity index (χ3n) is 6.27. The molecule has 23 heavy (non-hydrogen) atoms. The highest BCUT2D eigenvalue weighted by Gasteiger charge is 2.56. The Hall–Kier alpha value is -1.55. The number of methoxy groups -OCH3 is 1. The lowest BCUT2D eigenvalue weighted by atomic mass is 9.54. The summed E-state index contributed by atoms with van der Waals surface area (Å²) < 4.78 is 11.8. The first-order chi connectivity index (χ1) is 10.7. The zero-order valence-electron chi connectivity index (χ0n) is 14.6. The lowest BCUT2D eigenvalue weighted by molar-refractivity contribution is -0.154. The minimum atomic E-state index is -0.432. The molecule has 4 nitrogen and oxygen atoms in total. The van der Waals surface area contributed by atoms with Gasteiger partial charge in [0.2, 0.25) is 0 Å². The van der Waals surface area contributed by atoms with Crippen LogP contribution in [0.5, 0.6) is 11.5 Å². The molecular weight excluding hydrogens is 292 g/mol. The van der Waals surface area contributed by atoms with Crippen LogP contribution >= 0.6 is 0 Å². The van der Waals surface area contributed by atoms with Crippen LogP contribution in [-0.4, -0.2) is 30.2 Å². The number of fused-ring (bicyclic) bond motifs is 2. The van der Waals surface area contributed by atoms with Crippen LogP contribution in [0.25, 0.3) is 0 Å². The Morgan fingerprint density at radius 2 is 2.04 bits per heavy atom. The number of aliphatic hydroxyl groups excluding tert-OH is 1. The van der Waals surface area contributed by atoms with Crippen LogP contribution < -0.4 is 9.47 Å². The Labute approximate surface area is 137 Å². The van der Waals surface area contributed by atoms with E-state index in [0.29, 0.717) is 17.7 Å². The quantitative estimate of drug-likeness (QED) is 0.851. The van der Waals surface area contributed by atoms with E-state index < -0.39 is 5.60 Å². The number of hydrogen-bond acceptors (Lipinski definition) is 4. The van der Waals surface area contributed by atoms with Gasteiger partial charge in [-0.05, 0) is 42.4 Å². The first-order valence-corrected chi connectivity index (χ1v) is 8.26. The monoisotopic (exact) mass is 318 g/mol. The molecule has 4 atom stereocenters. The Morgan fingerprint density at radius 1 is 1.35 bits per heavy atom. The zero-order valence-corrected chi connectivity index (χ0v) is 14.6. The maximum Gasteiger partial charge on any atom is 0.165 e. The van der Waals surface area contributed by atoms with Crippen LogP contribution in [-0.2, 0) is 6.42 Å². The lowest BCUT2D eigenvalue weighted by Crippen LogP contribution is -2.60. The second kappa shape index (κ2) is 5.23. The molecule has 1 aromatic rings.